The topological polar surface area (TPSA) is 28.0 Å². The average molecular weight is 294 g/mol. The Morgan fingerprint density at radius 1 is 0.789 bits per heavy atom. The molecule has 0 aliphatic heterocycles. The Morgan fingerprint density at radius 3 is 1.95 bits per heavy atom. The van der Waals surface area contributed by atoms with Gasteiger partial charge in [-0.3, -0.25) is 0 Å². The molecular formula is C14H13Cl2N3. The molecule has 0 saturated carbocycles. The van der Waals surface area contributed by atoms with Crippen molar-refractivity contribution in [2.24, 2.45) is 10.2 Å². The van der Waals surface area contributed by atoms with Crippen molar-refractivity contribution in [3.8, 4) is 0 Å². The predicted octanol–water partition coefficient (Wildman–Crippen LogP) is 5.47. The van der Waals surface area contributed by atoms with E-state index in [-0.39, 0.29) is 0 Å². The molecule has 19 heavy (non-hydrogen) atoms. The second-order valence-corrected chi connectivity index (χ2v) is 5.02. The Morgan fingerprint density at radius 2 is 1.37 bits per heavy atom. The van der Waals surface area contributed by atoms with E-state index >= 15 is 0 Å². The molecule has 0 aliphatic carbocycles. The fraction of sp³-hybridized carbons (Fsp3) is 0.143. The van der Waals surface area contributed by atoms with Gasteiger partial charge in [0.15, 0.2) is 0 Å². The van der Waals surface area contributed by atoms with Crippen molar-refractivity contribution in [3.05, 3.63) is 52.5 Å². The van der Waals surface area contributed by atoms with Gasteiger partial charge in [-0.05, 0) is 42.5 Å². The molecule has 0 spiro atoms. The summed E-state index contributed by atoms with van der Waals surface area (Å²) < 4.78 is 0. The van der Waals surface area contributed by atoms with E-state index in [4.69, 9.17) is 23.2 Å². The smallest absolute Gasteiger partial charge is 0.0872 e. The Labute approximate surface area is 122 Å². The van der Waals surface area contributed by atoms with Gasteiger partial charge in [-0.1, -0.05) is 23.2 Å². The first kappa shape index (κ1) is 13.8. The number of rotatable bonds is 3. The van der Waals surface area contributed by atoms with E-state index in [0.29, 0.717) is 15.7 Å². The van der Waals surface area contributed by atoms with Crippen LogP contribution in [0.3, 0.4) is 0 Å². The van der Waals surface area contributed by atoms with Crippen LogP contribution < -0.4 is 4.90 Å². The zero-order valence-corrected chi connectivity index (χ0v) is 12.2. The molecule has 0 bridgehead atoms. The maximum atomic E-state index is 5.91. The highest BCUT2D eigenvalue weighted by atomic mass is 35.5. The van der Waals surface area contributed by atoms with E-state index in [1.165, 1.54) is 0 Å². The van der Waals surface area contributed by atoms with Gasteiger partial charge < -0.3 is 4.90 Å². The molecule has 2 aromatic rings. The van der Waals surface area contributed by atoms with Crippen LogP contribution in [0.5, 0.6) is 0 Å². The van der Waals surface area contributed by atoms with Crippen LogP contribution in [0.4, 0.5) is 17.1 Å². The Hall–Kier alpha value is -1.58. The van der Waals surface area contributed by atoms with Crippen molar-refractivity contribution in [2.75, 3.05) is 19.0 Å². The van der Waals surface area contributed by atoms with E-state index in [0.717, 1.165) is 11.4 Å². The summed E-state index contributed by atoms with van der Waals surface area (Å²) in [6.07, 6.45) is 0. The molecule has 0 N–H and O–H groups in total. The molecule has 0 fully saturated rings. The van der Waals surface area contributed by atoms with Gasteiger partial charge in [0.25, 0.3) is 0 Å². The van der Waals surface area contributed by atoms with Crippen molar-refractivity contribution in [1.29, 1.82) is 0 Å². The summed E-state index contributed by atoms with van der Waals surface area (Å²) in [7, 11) is 3.98. The summed E-state index contributed by atoms with van der Waals surface area (Å²) in [5.41, 5.74) is 2.58. The lowest BCUT2D eigenvalue weighted by molar-refractivity contribution is 1.13. The number of halogens is 2. The highest BCUT2D eigenvalue weighted by molar-refractivity contribution is 6.42. The summed E-state index contributed by atoms with van der Waals surface area (Å²) in [5.74, 6) is 0. The summed E-state index contributed by atoms with van der Waals surface area (Å²) in [4.78, 5) is 2.03. The number of anilines is 1. The second-order valence-electron chi connectivity index (χ2n) is 4.21. The van der Waals surface area contributed by atoms with E-state index in [1.807, 2.05) is 43.3 Å². The SMILES string of the molecule is CN(C)c1ccc(N=Nc2ccc(Cl)c(Cl)c2)cc1. The third kappa shape index (κ3) is 3.69. The highest BCUT2D eigenvalue weighted by Gasteiger charge is 1.99. The summed E-state index contributed by atoms with van der Waals surface area (Å²) in [6.45, 7) is 0. The van der Waals surface area contributed by atoms with E-state index in [9.17, 15) is 0 Å². The van der Waals surface area contributed by atoms with Crippen LogP contribution in [0, 0.1) is 0 Å². The lowest BCUT2D eigenvalue weighted by Gasteiger charge is -2.11. The standard InChI is InChI=1S/C14H13Cl2N3/c1-19(2)12-6-3-10(4-7-12)17-18-11-5-8-13(15)14(16)9-11/h3-9H,1-2H3. The highest BCUT2D eigenvalue weighted by Crippen LogP contribution is 2.28. The van der Waals surface area contributed by atoms with Crippen LogP contribution in [-0.2, 0) is 0 Å². The monoisotopic (exact) mass is 293 g/mol. The summed E-state index contributed by atoms with van der Waals surface area (Å²) >= 11 is 11.7. The first-order valence-electron chi connectivity index (χ1n) is 5.70. The van der Waals surface area contributed by atoms with Gasteiger partial charge >= 0.3 is 0 Å². The van der Waals surface area contributed by atoms with E-state index in [2.05, 4.69) is 10.2 Å². The molecule has 0 aromatic heterocycles. The number of hydrogen-bond donors (Lipinski definition) is 0. The van der Waals surface area contributed by atoms with Crippen LogP contribution in [0.2, 0.25) is 10.0 Å². The molecule has 3 nitrogen and oxygen atoms in total. The third-order valence-corrected chi connectivity index (χ3v) is 3.29. The zero-order valence-electron chi connectivity index (χ0n) is 10.6. The first-order chi connectivity index (χ1) is 9.06. The number of nitrogens with zero attached hydrogens (tertiary/aromatic N) is 3. The molecule has 0 unspecified atom stereocenters. The molecule has 98 valence electrons. The first-order valence-corrected chi connectivity index (χ1v) is 6.46. The van der Waals surface area contributed by atoms with Crippen molar-refractivity contribution in [1.82, 2.24) is 0 Å². The zero-order chi connectivity index (χ0) is 13.8. The van der Waals surface area contributed by atoms with Crippen molar-refractivity contribution in [3.63, 3.8) is 0 Å². The molecule has 0 saturated heterocycles. The van der Waals surface area contributed by atoms with Crippen LogP contribution >= 0.6 is 23.2 Å². The van der Waals surface area contributed by atoms with Crippen molar-refractivity contribution < 1.29 is 0 Å². The van der Waals surface area contributed by atoms with Crippen LogP contribution in [-0.4, -0.2) is 14.1 Å². The molecule has 2 aromatic carbocycles. The normalized spacial score (nSPS) is 10.9. The van der Waals surface area contributed by atoms with Crippen molar-refractivity contribution in [2.45, 2.75) is 0 Å². The Balaban J connectivity index is 2.15. The average Bonchev–Trinajstić information content (AvgIpc) is 2.40. The molecule has 0 heterocycles. The third-order valence-electron chi connectivity index (χ3n) is 2.55. The Kier molecular flexibility index (Phi) is 4.40. The van der Waals surface area contributed by atoms with Crippen LogP contribution in [0.15, 0.2) is 52.7 Å². The van der Waals surface area contributed by atoms with Gasteiger partial charge in [-0.2, -0.15) is 10.2 Å². The number of hydrogen-bond acceptors (Lipinski definition) is 3. The van der Waals surface area contributed by atoms with Crippen LogP contribution in [0.1, 0.15) is 0 Å². The minimum atomic E-state index is 0.473. The van der Waals surface area contributed by atoms with Crippen LogP contribution in [0.25, 0.3) is 0 Å². The molecular weight excluding hydrogens is 281 g/mol. The molecule has 0 amide bonds. The maximum Gasteiger partial charge on any atom is 0.0872 e. The molecule has 0 atom stereocenters. The van der Waals surface area contributed by atoms with Gasteiger partial charge in [0.05, 0.1) is 21.4 Å². The largest absolute Gasteiger partial charge is 0.378 e. The minimum absolute atomic E-state index is 0.473. The Bertz CT molecular complexity index is 592. The summed E-state index contributed by atoms with van der Waals surface area (Å²) in [5, 5.41) is 9.26. The summed E-state index contributed by atoms with van der Waals surface area (Å²) in [6, 6.07) is 13.0. The number of benzene rings is 2. The van der Waals surface area contributed by atoms with E-state index in [1.54, 1.807) is 18.2 Å². The second kappa shape index (κ2) is 6.04. The van der Waals surface area contributed by atoms with Gasteiger partial charge in [0.2, 0.25) is 0 Å². The lowest BCUT2D eigenvalue weighted by atomic mass is 10.3. The van der Waals surface area contributed by atoms with E-state index < -0.39 is 0 Å². The van der Waals surface area contributed by atoms with Gasteiger partial charge in [-0.15, -0.1) is 0 Å². The fourth-order valence-corrected chi connectivity index (χ4v) is 1.77. The maximum absolute atomic E-state index is 5.91. The molecule has 0 aliphatic rings. The van der Waals surface area contributed by atoms with Crippen molar-refractivity contribution >= 4 is 40.3 Å². The molecule has 2 rings (SSSR count). The minimum Gasteiger partial charge on any atom is -0.378 e. The predicted molar refractivity (Wildman–Crippen MR) is 81.4 cm³/mol. The van der Waals surface area contributed by atoms with Gasteiger partial charge in [-0.25, -0.2) is 0 Å². The number of azo groups is 1. The van der Waals surface area contributed by atoms with Gasteiger partial charge in [0.1, 0.15) is 0 Å². The molecule has 0 radical (unpaired) electrons. The molecule has 5 heteroatoms. The fourth-order valence-electron chi connectivity index (χ4n) is 1.48. The lowest BCUT2D eigenvalue weighted by Crippen LogP contribution is -2.07. The van der Waals surface area contributed by atoms with Gasteiger partial charge in [0, 0.05) is 19.8 Å². The quantitative estimate of drug-likeness (QED) is 0.689.